The molecule has 1 aliphatic heterocycles. The summed E-state index contributed by atoms with van der Waals surface area (Å²) in [5.41, 5.74) is -0.140. The Bertz CT molecular complexity index is 449. The van der Waals surface area contributed by atoms with E-state index in [-0.39, 0.29) is 5.91 Å². The van der Waals surface area contributed by atoms with Gasteiger partial charge in [-0.3, -0.25) is 4.79 Å². The maximum Gasteiger partial charge on any atom is 0.256 e. The lowest BCUT2D eigenvalue weighted by molar-refractivity contribution is -0.123. The topological polar surface area (TPSA) is 41.1 Å². The molecule has 1 fully saturated rings. The largest absolute Gasteiger partial charge is 0.345 e. The van der Waals surface area contributed by atoms with Gasteiger partial charge in [0.2, 0.25) is 0 Å². The van der Waals surface area contributed by atoms with Crippen LogP contribution < -0.4 is 10.6 Å². The van der Waals surface area contributed by atoms with Crippen LogP contribution >= 0.6 is 23.8 Å². The van der Waals surface area contributed by atoms with Crippen molar-refractivity contribution in [2.45, 2.75) is 12.5 Å². The summed E-state index contributed by atoms with van der Waals surface area (Å²) in [6.45, 7) is 1.75. The molecule has 15 heavy (non-hydrogen) atoms. The van der Waals surface area contributed by atoms with Crippen LogP contribution in [0.4, 0.5) is 0 Å². The minimum absolute atomic E-state index is 0.180. The number of thiocarbonyl (C=S) groups is 1. The van der Waals surface area contributed by atoms with Crippen LogP contribution in [0.25, 0.3) is 0 Å². The van der Waals surface area contributed by atoms with Crippen LogP contribution in [0, 0.1) is 0 Å². The molecule has 2 rings (SSSR count). The molecule has 1 aromatic rings. The van der Waals surface area contributed by atoms with Crippen molar-refractivity contribution < 1.29 is 4.79 Å². The zero-order valence-electron chi connectivity index (χ0n) is 8.00. The van der Waals surface area contributed by atoms with Gasteiger partial charge in [0.15, 0.2) is 5.11 Å². The molecular formula is C10H9ClN2OS. The SMILES string of the molecule is CC1(c2ccccc2Cl)NC(=S)NC1=O. The molecule has 1 aliphatic rings. The summed E-state index contributed by atoms with van der Waals surface area (Å²) >= 11 is 10.9. The quantitative estimate of drug-likeness (QED) is 0.732. The number of rotatable bonds is 1. The fourth-order valence-electron chi connectivity index (χ4n) is 1.60. The Morgan fingerprint density at radius 2 is 2.07 bits per heavy atom. The van der Waals surface area contributed by atoms with Crippen molar-refractivity contribution in [3.8, 4) is 0 Å². The highest BCUT2D eigenvalue weighted by Crippen LogP contribution is 2.30. The van der Waals surface area contributed by atoms with Crippen LogP contribution in [-0.4, -0.2) is 11.0 Å². The van der Waals surface area contributed by atoms with E-state index < -0.39 is 5.54 Å². The van der Waals surface area contributed by atoms with E-state index in [0.717, 1.165) is 5.56 Å². The second kappa shape index (κ2) is 3.47. The fourth-order valence-corrected chi connectivity index (χ4v) is 2.22. The minimum atomic E-state index is -0.866. The first-order valence-corrected chi connectivity index (χ1v) is 5.21. The highest BCUT2D eigenvalue weighted by molar-refractivity contribution is 7.80. The van der Waals surface area contributed by atoms with Crippen LogP contribution in [0.1, 0.15) is 12.5 Å². The first-order chi connectivity index (χ1) is 7.04. The summed E-state index contributed by atoms with van der Waals surface area (Å²) in [5, 5.41) is 6.36. The zero-order chi connectivity index (χ0) is 11.1. The Kier molecular flexibility index (Phi) is 2.40. The molecule has 78 valence electrons. The van der Waals surface area contributed by atoms with Crippen LogP contribution in [0.3, 0.4) is 0 Å². The molecule has 2 N–H and O–H groups in total. The highest BCUT2D eigenvalue weighted by Gasteiger charge is 2.42. The minimum Gasteiger partial charge on any atom is -0.345 e. The third-order valence-electron chi connectivity index (χ3n) is 2.46. The van der Waals surface area contributed by atoms with Gasteiger partial charge in [0.05, 0.1) is 0 Å². The van der Waals surface area contributed by atoms with E-state index in [2.05, 4.69) is 10.6 Å². The summed E-state index contributed by atoms with van der Waals surface area (Å²) < 4.78 is 0. The number of benzene rings is 1. The van der Waals surface area contributed by atoms with Crippen LogP contribution in [0.2, 0.25) is 5.02 Å². The van der Waals surface area contributed by atoms with Gasteiger partial charge in [-0.05, 0) is 25.2 Å². The van der Waals surface area contributed by atoms with Crippen molar-refractivity contribution in [1.29, 1.82) is 0 Å². The number of amides is 1. The molecule has 0 bridgehead atoms. The third-order valence-corrected chi connectivity index (χ3v) is 2.99. The van der Waals surface area contributed by atoms with E-state index in [0.29, 0.717) is 10.1 Å². The normalized spacial score (nSPS) is 24.9. The van der Waals surface area contributed by atoms with Crippen molar-refractivity contribution in [2.24, 2.45) is 0 Å². The van der Waals surface area contributed by atoms with Gasteiger partial charge >= 0.3 is 0 Å². The average molecular weight is 241 g/mol. The van der Waals surface area contributed by atoms with E-state index >= 15 is 0 Å². The van der Waals surface area contributed by atoms with Gasteiger partial charge in [-0.15, -0.1) is 0 Å². The van der Waals surface area contributed by atoms with Crippen molar-refractivity contribution in [1.82, 2.24) is 10.6 Å². The van der Waals surface area contributed by atoms with Crippen molar-refractivity contribution in [2.75, 3.05) is 0 Å². The highest BCUT2D eigenvalue weighted by atomic mass is 35.5. The zero-order valence-corrected chi connectivity index (χ0v) is 9.58. The molecule has 1 heterocycles. The molecule has 5 heteroatoms. The summed E-state index contributed by atoms with van der Waals surface area (Å²) in [7, 11) is 0. The Labute approximate surface area is 97.8 Å². The second-order valence-corrected chi connectivity index (χ2v) is 4.33. The average Bonchev–Trinajstić information content (AvgIpc) is 2.42. The van der Waals surface area contributed by atoms with E-state index in [9.17, 15) is 4.79 Å². The van der Waals surface area contributed by atoms with E-state index in [1.807, 2.05) is 18.2 Å². The number of nitrogens with one attached hydrogen (secondary N) is 2. The van der Waals surface area contributed by atoms with Crippen molar-refractivity contribution in [3.63, 3.8) is 0 Å². The second-order valence-electron chi connectivity index (χ2n) is 3.51. The van der Waals surface area contributed by atoms with Gasteiger partial charge in [0.25, 0.3) is 5.91 Å². The monoisotopic (exact) mass is 240 g/mol. The molecular weight excluding hydrogens is 232 g/mol. The molecule has 0 radical (unpaired) electrons. The predicted molar refractivity (Wildman–Crippen MR) is 62.7 cm³/mol. The Balaban J connectivity index is 2.51. The predicted octanol–water partition coefficient (Wildman–Crippen LogP) is 1.56. The number of carbonyl (C=O) groups is 1. The van der Waals surface area contributed by atoms with Crippen molar-refractivity contribution >= 4 is 34.8 Å². The molecule has 0 aromatic heterocycles. The summed E-state index contributed by atoms with van der Waals surface area (Å²) in [4.78, 5) is 11.7. The number of hydrogen-bond acceptors (Lipinski definition) is 2. The summed E-state index contributed by atoms with van der Waals surface area (Å²) in [6, 6.07) is 7.21. The summed E-state index contributed by atoms with van der Waals surface area (Å²) in [5.74, 6) is -0.180. The lowest BCUT2D eigenvalue weighted by atomic mass is 9.92. The van der Waals surface area contributed by atoms with Crippen LogP contribution in [0.15, 0.2) is 24.3 Å². The smallest absolute Gasteiger partial charge is 0.256 e. The first-order valence-electron chi connectivity index (χ1n) is 4.42. The molecule has 1 aromatic carbocycles. The van der Waals surface area contributed by atoms with E-state index in [4.69, 9.17) is 23.8 Å². The summed E-state index contributed by atoms with van der Waals surface area (Å²) in [6.07, 6.45) is 0. The lowest BCUT2D eigenvalue weighted by Gasteiger charge is -2.22. The first kappa shape index (κ1) is 10.4. The van der Waals surface area contributed by atoms with E-state index in [1.54, 1.807) is 13.0 Å². The molecule has 1 amide bonds. The molecule has 0 aliphatic carbocycles. The lowest BCUT2D eigenvalue weighted by Crippen LogP contribution is -2.40. The molecule has 3 nitrogen and oxygen atoms in total. The van der Waals surface area contributed by atoms with Gasteiger partial charge in [-0.2, -0.15) is 0 Å². The number of hydrogen-bond donors (Lipinski definition) is 2. The molecule has 0 saturated carbocycles. The fraction of sp³-hybridized carbons (Fsp3) is 0.200. The van der Waals surface area contributed by atoms with Gasteiger partial charge in [0.1, 0.15) is 5.54 Å². The van der Waals surface area contributed by atoms with Crippen LogP contribution in [-0.2, 0) is 10.3 Å². The Hall–Kier alpha value is -1.13. The molecule has 1 atom stereocenters. The van der Waals surface area contributed by atoms with Gasteiger partial charge in [-0.1, -0.05) is 29.8 Å². The molecule has 0 spiro atoms. The molecule has 1 unspecified atom stereocenters. The maximum atomic E-state index is 11.7. The standard InChI is InChI=1S/C10H9ClN2OS/c1-10(8(14)12-9(15)13-10)6-4-2-3-5-7(6)11/h2-5H,1H3,(H2,12,13,14,15). The van der Waals surface area contributed by atoms with Gasteiger partial charge in [0, 0.05) is 10.6 Å². The number of halogens is 1. The maximum absolute atomic E-state index is 11.7. The van der Waals surface area contributed by atoms with E-state index in [1.165, 1.54) is 0 Å². The molecule has 1 saturated heterocycles. The Morgan fingerprint density at radius 3 is 2.60 bits per heavy atom. The van der Waals surface area contributed by atoms with Crippen molar-refractivity contribution in [3.05, 3.63) is 34.9 Å². The van der Waals surface area contributed by atoms with Crippen LogP contribution in [0.5, 0.6) is 0 Å². The van der Waals surface area contributed by atoms with Gasteiger partial charge < -0.3 is 10.6 Å². The number of carbonyl (C=O) groups excluding carboxylic acids is 1. The third kappa shape index (κ3) is 1.60. The Morgan fingerprint density at radius 1 is 1.40 bits per heavy atom. The van der Waals surface area contributed by atoms with Gasteiger partial charge in [-0.25, -0.2) is 0 Å².